The van der Waals surface area contributed by atoms with E-state index in [1.165, 1.54) is 11.3 Å². The van der Waals surface area contributed by atoms with Crippen molar-refractivity contribution < 1.29 is 19.5 Å². The Hall–Kier alpha value is -1.89. The van der Waals surface area contributed by atoms with Crippen LogP contribution in [0.4, 0.5) is 5.00 Å². The smallest absolute Gasteiger partial charge is 0.307 e. The molecular weight excluding hydrogens is 364 g/mol. The van der Waals surface area contributed by atoms with Crippen LogP contribution in [0, 0.1) is 23.7 Å². The molecule has 1 heterocycles. The largest absolute Gasteiger partial charge is 0.481 e. The minimum atomic E-state index is -0.873. The Bertz CT molecular complexity index is 779. The molecule has 4 aliphatic carbocycles. The van der Waals surface area contributed by atoms with Crippen LogP contribution in [-0.4, -0.2) is 22.9 Å². The van der Waals surface area contributed by atoms with Gasteiger partial charge in [0.05, 0.1) is 17.4 Å². The number of aryl methyl sites for hydroxylation is 1. The van der Waals surface area contributed by atoms with Crippen LogP contribution >= 0.6 is 11.3 Å². The molecule has 4 N–H and O–H groups in total. The van der Waals surface area contributed by atoms with Crippen LogP contribution in [-0.2, 0) is 22.4 Å². The molecule has 4 aliphatic rings. The van der Waals surface area contributed by atoms with Crippen molar-refractivity contribution in [3.63, 3.8) is 0 Å². The summed E-state index contributed by atoms with van der Waals surface area (Å²) in [5.74, 6) is -2.57. The van der Waals surface area contributed by atoms with E-state index >= 15 is 0 Å². The Balaban J connectivity index is 1.63. The maximum atomic E-state index is 13.1. The van der Waals surface area contributed by atoms with Crippen LogP contribution in [0.1, 0.15) is 65.7 Å². The Morgan fingerprint density at radius 2 is 1.59 bits per heavy atom. The molecule has 7 heteroatoms. The Labute approximate surface area is 162 Å². The molecule has 3 fully saturated rings. The fraction of sp³-hybridized carbons (Fsp3) is 0.650. The third-order valence-corrected chi connectivity index (χ3v) is 7.92. The molecule has 0 saturated heterocycles. The summed E-state index contributed by atoms with van der Waals surface area (Å²) in [5, 5.41) is 13.1. The summed E-state index contributed by atoms with van der Waals surface area (Å²) in [4.78, 5) is 38.2. The second-order valence-corrected chi connectivity index (χ2v) is 9.29. The monoisotopic (exact) mass is 390 g/mol. The second-order valence-electron chi connectivity index (χ2n) is 8.19. The summed E-state index contributed by atoms with van der Waals surface area (Å²) in [5.41, 5.74) is 7.08. The molecule has 5 rings (SSSR count). The summed E-state index contributed by atoms with van der Waals surface area (Å²) in [6, 6.07) is 0. The van der Waals surface area contributed by atoms with Gasteiger partial charge in [-0.25, -0.2) is 0 Å². The van der Waals surface area contributed by atoms with Gasteiger partial charge < -0.3 is 16.2 Å². The summed E-state index contributed by atoms with van der Waals surface area (Å²) in [6.07, 6.45) is 8.56. The van der Waals surface area contributed by atoms with Gasteiger partial charge >= 0.3 is 5.97 Å². The van der Waals surface area contributed by atoms with Gasteiger partial charge in [-0.15, -0.1) is 11.3 Å². The van der Waals surface area contributed by atoms with Crippen molar-refractivity contribution in [2.75, 3.05) is 5.32 Å². The zero-order valence-corrected chi connectivity index (χ0v) is 16.1. The van der Waals surface area contributed by atoms with E-state index in [-0.39, 0.29) is 17.7 Å². The molecule has 0 spiro atoms. The fourth-order valence-electron chi connectivity index (χ4n) is 5.47. The Morgan fingerprint density at radius 3 is 2.22 bits per heavy atom. The van der Waals surface area contributed by atoms with E-state index in [0.29, 0.717) is 10.6 Å². The van der Waals surface area contributed by atoms with Gasteiger partial charge in [0, 0.05) is 4.88 Å². The van der Waals surface area contributed by atoms with E-state index in [9.17, 15) is 19.5 Å². The standard InChI is InChI=1S/C20H26N2O4S/c21-17(23)16-12-4-2-1-3-5-13(12)27-19(16)22-18(24)14-10-6-8-11(9-7-10)15(14)20(25)26/h10-11,14-15H,1-9H2,(H2,21,23)(H,22,24)(H,25,26)/t10?,11?,14-,15+/m1/s1. The van der Waals surface area contributed by atoms with E-state index < -0.39 is 23.7 Å². The molecule has 27 heavy (non-hydrogen) atoms. The quantitative estimate of drug-likeness (QED) is 0.686. The van der Waals surface area contributed by atoms with Crippen molar-refractivity contribution in [3.05, 3.63) is 16.0 Å². The third kappa shape index (κ3) is 3.26. The summed E-state index contributed by atoms with van der Waals surface area (Å²) >= 11 is 1.45. The lowest BCUT2D eigenvalue weighted by molar-refractivity contribution is -0.156. The normalized spacial score (nSPS) is 29.6. The van der Waals surface area contributed by atoms with E-state index in [1.807, 2.05) is 0 Å². The first-order valence-electron chi connectivity index (χ1n) is 9.95. The van der Waals surface area contributed by atoms with Gasteiger partial charge in [-0.3, -0.25) is 14.4 Å². The van der Waals surface area contributed by atoms with Crippen molar-refractivity contribution >= 4 is 34.1 Å². The highest BCUT2D eigenvalue weighted by atomic mass is 32.1. The lowest BCUT2D eigenvalue weighted by Crippen LogP contribution is -2.49. The number of amides is 2. The summed E-state index contributed by atoms with van der Waals surface area (Å²) in [6.45, 7) is 0. The Morgan fingerprint density at radius 1 is 0.963 bits per heavy atom. The van der Waals surface area contributed by atoms with Crippen LogP contribution in [0.25, 0.3) is 0 Å². The summed E-state index contributed by atoms with van der Waals surface area (Å²) < 4.78 is 0. The summed E-state index contributed by atoms with van der Waals surface area (Å²) in [7, 11) is 0. The van der Waals surface area contributed by atoms with Gasteiger partial charge in [0.15, 0.2) is 0 Å². The number of aliphatic carboxylic acids is 1. The highest BCUT2D eigenvalue weighted by Crippen LogP contribution is 2.49. The maximum Gasteiger partial charge on any atom is 0.307 e. The highest BCUT2D eigenvalue weighted by Gasteiger charge is 2.50. The molecule has 0 aliphatic heterocycles. The number of carboxylic acids is 1. The predicted molar refractivity (Wildman–Crippen MR) is 103 cm³/mol. The van der Waals surface area contributed by atoms with Gasteiger partial charge in [0.1, 0.15) is 5.00 Å². The molecule has 146 valence electrons. The van der Waals surface area contributed by atoms with Crippen molar-refractivity contribution in [3.8, 4) is 0 Å². The van der Waals surface area contributed by atoms with Gasteiger partial charge in [-0.05, 0) is 68.8 Å². The number of nitrogens with two attached hydrogens (primary N) is 1. The van der Waals surface area contributed by atoms with E-state index in [0.717, 1.165) is 68.2 Å². The molecule has 1 aromatic heterocycles. The first kappa shape index (κ1) is 18.5. The van der Waals surface area contributed by atoms with Crippen molar-refractivity contribution in [2.45, 2.75) is 57.8 Å². The molecule has 0 radical (unpaired) electrons. The number of carbonyl (C=O) groups excluding carboxylic acids is 2. The number of carboxylic acid groups (broad SMARTS) is 1. The topological polar surface area (TPSA) is 109 Å². The van der Waals surface area contributed by atoms with Gasteiger partial charge in [0.2, 0.25) is 5.91 Å². The molecule has 2 atom stereocenters. The van der Waals surface area contributed by atoms with Crippen molar-refractivity contribution in [1.82, 2.24) is 0 Å². The lowest BCUT2D eigenvalue weighted by Gasteiger charge is -2.45. The molecule has 0 aromatic carbocycles. The number of fused-ring (bicyclic) bond motifs is 4. The van der Waals surface area contributed by atoms with Crippen molar-refractivity contribution in [2.24, 2.45) is 29.4 Å². The molecule has 1 aromatic rings. The number of hydrogen-bond donors (Lipinski definition) is 3. The lowest BCUT2D eigenvalue weighted by atomic mass is 9.58. The molecule has 0 unspecified atom stereocenters. The van der Waals surface area contributed by atoms with Gasteiger partial charge in [-0.2, -0.15) is 0 Å². The van der Waals surface area contributed by atoms with Gasteiger partial charge in [0.25, 0.3) is 5.91 Å². The predicted octanol–water partition coefficient (Wildman–Crippen LogP) is 3.19. The van der Waals surface area contributed by atoms with Crippen LogP contribution in [0.3, 0.4) is 0 Å². The van der Waals surface area contributed by atoms with Crippen LogP contribution < -0.4 is 11.1 Å². The van der Waals surface area contributed by atoms with E-state index in [1.54, 1.807) is 0 Å². The van der Waals surface area contributed by atoms with Crippen LogP contribution in [0.5, 0.6) is 0 Å². The highest BCUT2D eigenvalue weighted by molar-refractivity contribution is 7.17. The average Bonchev–Trinajstić information content (AvgIpc) is 2.82. The van der Waals surface area contributed by atoms with Crippen LogP contribution in [0.2, 0.25) is 0 Å². The SMILES string of the molecule is NC(=O)c1c(NC(=O)[C@@H]2C3CCC(CC3)[C@@H]2C(=O)O)sc2c1CCCCC2. The molecule has 6 nitrogen and oxygen atoms in total. The minimum absolute atomic E-state index is 0.0823. The number of carbonyl (C=O) groups is 3. The van der Waals surface area contributed by atoms with Crippen LogP contribution in [0.15, 0.2) is 0 Å². The number of nitrogens with one attached hydrogen (secondary N) is 1. The molecular formula is C20H26N2O4S. The Kier molecular flexibility index (Phi) is 4.97. The van der Waals surface area contributed by atoms with E-state index in [4.69, 9.17) is 5.73 Å². The second kappa shape index (κ2) is 7.26. The number of primary amides is 1. The fourth-order valence-corrected chi connectivity index (χ4v) is 6.77. The number of thiophene rings is 1. The first-order valence-corrected chi connectivity index (χ1v) is 10.8. The number of anilines is 1. The zero-order valence-electron chi connectivity index (χ0n) is 15.3. The van der Waals surface area contributed by atoms with E-state index in [2.05, 4.69) is 5.32 Å². The third-order valence-electron chi connectivity index (χ3n) is 6.71. The minimum Gasteiger partial charge on any atom is -0.481 e. The zero-order chi connectivity index (χ0) is 19.1. The average molecular weight is 391 g/mol. The molecule has 2 amide bonds. The van der Waals surface area contributed by atoms with Gasteiger partial charge in [-0.1, -0.05) is 6.42 Å². The van der Waals surface area contributed by atoms with Crippen molar-refractivity contribution in [1.29, 1.82) is 0 Å². The molecule has 3 saturated carbocycles. The maximum absolute atomic E-state index is 13.1. The number of rotatable bonds is 4. The molecule has 2 bridgehead atoms. The first-order chi connectivity index (χ1) is 13.0. The number of hydrogen-bond acceptors (Lipinski definition) is 4.